The second kappa shape index (κ2) is 11.2. The van der Waals surface area contributed by atoms with E-state index >= 15 is 0 Å². The molecule has 0 bridgehead atoms. The molecule has 1 saturated carbocycles. The number of alkyl halides is 2. The Balaban J connectivity index is 1.66. The van der Waals surface area contributed by atoms with Crippen molar-refractivity contribution in [2.75, 3.05) is 6.61 Å². The molecule has 1 fully saturated rings. The molecular weight excluding hydrogens is 322 g/mol. The summed E-state index contributed by atoms with van der Waals surface area (Å²) in [6.45, 7) is 0.352. The lowest BCUT2D eigenvalue weighted by atomic mass is 9.87. The fourth-order valence-electron chi connectivity index (χ4n) is 3.23. The Kier molecular flexibility index (Phi) is 8.95. The quantitative estimate of drug-likeness (QED) is 0.450. The number of halogens is 2. The topological polar surface area (TPSA) is 18.5 Å². The number of hydrogen-bond donors (Lipinski definition) is 0. The highest BCUT2D eigenvalue weighted by Gasteiger charge is 2.19. The molecule has 1 aromatic rings. The van der Waals surface area contributed by atoms with Crippen LogP contribution >= 0.6 is 0 Å². The largest absolute Gasteiger partial charge is 0.435 e. The van der Waals surface area contributed by atoms with Crippen molar-refractivity contribution in [3.05, 3.63) is 35.9 Å². The zero-order valence-electron chi connectivity index (χ0n) is 15.1. The van der Waals surface area contributed by atoms with Gasteiger partial charge in [-0.25, -0.2) is 0 Å². The van der Waals surface area contributed by atoms with Gasteiger partial charge in [-0.15, -0.1) is 0 Å². The van der Waals surface area contributed by atoms with Crippen LogP contribution in [0.25, 0.3) is 6.08 Å². The van der Waals surface area contributed by atoms with Crippen LogP contribution in [-0.4, -0.2) is 19.3 Å². The highest BCUT2D eigenvalue weighted by molar-refractivity contribution is 5.50. The van der Waals surface area contributed by atoms with Crippen LogP contribution in [0.1, 0.15) is 63.9 Å². The second-order valence-electron chi connectivity index (χ2n) is 6.77. The van der Waals surface area contributed by atoms with Crippen LogP contribution in [0.3, 0.4) is 0 Å². The number of ether oxygens (including phenoxy) is 2. The van der Waals surface area contributed by atoms with Gasteiger partial charge in [-0.05, 0) is 55.7 Å². The molecule has 0 heterocycles. The number of rotatable bonds is 10. The minimum Gasteiger partial charge on any atom is -0.435 e. The first-order valence-electron chi connectivity index (χ1n) is 9.52. The normalized spacial score (nSPS) is 21.1. The van der Waals surface area contributed by atoms with Gasteiger partial charge in [0.15, 0.2) is 0 Å². The molecule has 0 aliphatic heterocycles. The van der Waals surface area contributed by atoms with Crippen LogP contribution in [0.4, 0.5) is 8.78 Å². The minimum atomic E-state index is -2.77. The highest BCUT2D eigenvalue weighted by Crippen LogP contribution is 2.28. The van der Waals surface area contributed by atoms with E-state index < -0.39 is 6.61 Å². The summed E-state index contributed by atoms with van der Waals surface area (Å²) in [5.41, 5.74) is 1.01. The van der Waals surface area contributed by atoms with Crippen molar-refractivity contribution in [2.45, 2.75) is 71.0 Å². The molecule has 0 aromatic heterocycles. The predicted octanol–water partition coefficient (Wildman–Crippen LogP) is 6.46. The number of benzene rings is 1. The summed E-state index contributed by atoms with van der Waals surface area (Å²) in [7, 11) is 0. The van der Waals surface area contributed by atoms with Crippen molar-refractivity contribution < 1.29 is 18.3 Å². The maximum absolute atomic E-state index is 12.1. The molecule has 0 saturated heterocycles. The molecule has 2 rings (SSSR count). The van der Waals surface area contributed by atoms with Crippen LogP contribution in [0.15, 0.2) is 30.3 Å². The SMILES string of the molecule is CCCCCCO[C@H]1CC[C@H](C=Cc2ccc(OC(F)F)cc2)CC1. The Hall–Kier alpha value is -1.42. The van der Waals surface area contributed by atoms with E-state index in [1.807, 2.05) is 0 Å². The van der Waals surface area contributed by atoms with Gasteiger partial charge in [0.05, 0.1) is 6.10 Å². The van der Waals surface area contributed by atoms with Crippen LogP contribution in [0.5, 0.6) is 5.75 Å². The summed E-state index contributed by atoms with van der Waals surface area (Å²) in [6, 6.07) is 6.77. The van der Waals surface area contributed by atoms with Crippen molar-refractivity contribution in [2.24, 2.45) is 5.92 Å². The molecule has 0 amide bonds. The third kappa shape index (κ3) is 8.00. The summed E-state index contributed by atoms with van der Waals surface area (Å²) >= 11 is 0. The lowest BCUT2D eigenvalue weighted by Crippen LogP contribution is -2.21. The number of hydrogen-bond acceptors (Lipinski definition) is 2. The van der Waals surface area contributed by atoms with E-state index in [2.05, 4.69) is 23.8 Å². The Bertz CT molecular complexity index is 491. The van der Waals surface area contributed by atoms with Crippen molar-refractivity contribution in [1.82, 2.24) is 0 Å². The van der Waals surface area contributed by atoms with E-state index in [1.165, 1.54) is 25.7 Å². The standard InChI is InChI=1S/C21H30F2O2/c1-2-3-4-5-16-24-19-12-8-17(9-13-19)6-7-18-10-14-20(15-11-18)25-21(22)23/h6-7,10-11,14-15,17,19,21H,2-5,8-9,12-13,16H2,1H3/t17-,19-. The van der Waals surface area contributed by atoms with Crippen molar-refractivity contribution in [3.8, 4) is 5.75 Å². The smallest absolute Gasteiger partial charge is 0.387 e. The maximum Gasteiger partial charge on any atom is 0.387 e. The lowest BCUT2D eigenvalue weighted by molar-refractivity contribution is -0.0498. The Morgan fingerprint density at radius 2 is 1.76 bits per heavy atom. The number of unbranched alkanes of at least 4 members (excludes halogenated alkanes) is 3. The van der Waals surface area contributed by atoms with Gasteiger partial charge in [0.1, 0.15) is 5.75 Å². The summed E-state index contributed by atoms with van der Waals surface area (Å²) in [6.07, 6.45) is 14.3. The molecular formula is C21H30F2O2. The monoisotopic (exact) mass is 352 g/mol. The first-order valence-corrected chi connectivity index (χ1v) is 9.52. The zero-order valence-corrected chi connectivity index (χ0v) is 15.1. The van der Waals surface area contributed by atoms with Gasteiger partial charge >= 0.3 is 6.61 Å². The van der Waals surface area contributed by atoms with E-state index in [4.69, 9.17) is 4.74 Å². The van der Waals surface area contributed by atoms with Gasteiger partial charge in [-0.2, -0.15) is 8.78 Å². The molecule has 1 aliphatic rings. The van der Waals surface area contributed by atoms with E-state index in [-0.39, 0.29) is 5.75 Å². The fraction of sp³-hybridized carbons (Fsp3) is 0.619. The molecule has 2 nitrogen and oxygen atoms in total. The van der Waals surface area contributed by atoms with Gasteiger partial charge in [0, 0.05) is 6.61 Å². The van der Waals surface area contributed by atoms with Crippen LogP contribution < -0.4 is 4.74 Å². The molecule has 0 unspecified atom stereocenters. The average molecular weight is 352 g/mol. The molecule has 25 heavy (non-hydrogen) atoms. The first-order chi connectivity index (χ1) is 12.2. The van der Waals surface area contributed by atoms with Crippen LogP contribution in [-0.2, 0) is 4.74 Å². The molecule has 1 aliphatic carbocycles. The third-order valence-corrected chi connectivity index (χ3v) is 4.74. The number of allylic oxidation sites excluding steroid dienone is 1. The van der Waals surface area contributed by atoms with Crippen molar-refractivity contribution in [3.63, 3.8) is 0 Å². The van der Waals surface area contributed by atoms with Crippen LogP contribution in [0, 0.1) is 5.92 Å². The van der Waals surface area contributed by atoms with Gasteiger partial charge in [0.25, 0.3) is 0 Å². The second-order valence-corrected chi connectivity index (χ2v) is 6.77. The summed E-state index contributed by atoms with van der Waals surface area (Å²) < 4.78 is 34.6. The zero-order chi connectivity index (χ0) is 17.9. The Morgan fingerprint density at radius 3 is 2.40 bits per heavy atom. The molecule has 0 spiro atoms. The van der Waals surface area contributed by atoms with Gasteiger partial charge in [-0.1, -0.05) is 50.5 Å². The third-order valence-electron chi connectivity index (χ3n) is 4.74. The van der Waals surface area contributed by atoms with E-state index in [0.717, 1.165) is 37.9 Å². The van der Waals surface area contributed by atoms with Gasteiger partial charge in [0.2, 0.25) is 0 Å². The maximum atomic E-state index is 12.1. The van der Waals surface area contributed by atoms with Gasteiger partial charge < -0.3 is 9.47 Å². The predicted molar refractivity (Wildman–Crippen MR) is 97.9 cm³/mol. The average Bonchev–Trinajstić information content (AvgIpc) is 2.61. The van der Waals surface area contributed by atoms with E-state index in [9.17, 15) is 8.78 Å². The van der Waals surface area contributed by atoms with Crippen molar-refractivity contribution >= 4 is 6.08 Å². The van der Waals surface area contributed by atoms with Gasteiger partial charge in [-0.3, -0.25) is 0 Å². The molecule has 4 heteroatoms. The summed E-state index contributed by atoms with van der Waals surface area (Å²) in [5, 5.41) is 0. The fourth-order valence-corrected chi connectivity index (χ4v) is 3.23. The molecule has 140 valence electrons. The summed E-state index contributed by atoms with van der Waals surface area (Å²) in [5.74, 6) is 0.778. The Labute approximate surface area is 150 Å². The lowest BCUT2D eigenvalue weighted by Gasteiger charge is -2.27. The molecule has 0 atom stereocenters. The highest BCUT2D eigenvalue weighted by atomic mass is 19.3. The molecule has 0 N–H and O–H groups in total. The first kappa shape index (κ1) is 19.9. The van der Waals surface area contributed by atoms with Crippen molar-refractivity contribution in [1.29, 1.82) is 0 Å². The van der Waals surface area contributed by atoms with E-state index in [1.54, 1.807) is 24.3 Å². The Morgan fingerprint density at radius 1 is 1.04 bits per heavy atom. The minimum absolute atomic E-state index is 0.198. The molecule has 0 radical (unpaired) electrons. The summed E-state index contributed by atoms with van der Waals surface area (Å²) in [4.78, 5) is 0. The molecule has 1 aromatic carbocycles. The van der Waals surface area contributed by atoms with Crippen LogP contribution in [0.2, 0.25) is 0 Å². The van der Waals surface area contributed by atoms with E-state index in [0.29, 0.717) is 12.0 Å².